The Morgan fingerprint density at radius 2 is 2.17 bits per heavy atom. The summed E-state index contributed by atoms with van der Waals surface area (Å²) in [6.07, 6.45) is 0.941. The first-order chi connectivity index (χ1) is 8.33. The van der Waals surface area contributed by atoms with E-state index in [1.54, 1.807) is 20.8 Å². The molecule has 0 spiro atoms. The normalized spacial score (nSPS) is 26.7. The van der Waals surface area contributed by atoms with Gasteiger partial charge in [0.15, 0.2) is 0 Å². The van der Waals surface area contributed by atoms with E-state index in [0.717, 1.165) is 0 Å². The lowest BCUT2D eigenvalue weighted by molar-refractivity contribution is -0.158. The molecule has 2 amide bonds. The Kier molecular flexibility index (Phi) is 3.04. The molecule has 0 N–H and O–H groups in total. The van der Waals surface area contributed by atoms with Crippen LogP contribution >= 0.6 is 0 Å². The van der Waals surface area contributed by atoms with E-state index in [9.17, 15) is 14.4 Å². The zero-order valence-corrected chi connectivity index (χ0v) is 10.9. The molecule has 18 heavy (non-hydrogen) atoms. The van der Waals surface area contributed by atoms with Gasteiger partial charge in [0.1, 0.15) is 17.9 Å². The Labute approximate surface area is 106 Å². The molecule has 0 saturated carbocycles. The van der Waals surface area contributed by atoms with Gasteiger partial charge in [-0.25, -0.2) is 4.79 Å². The second kappa shape index (κ2) is 4.26. The van der Waals surface area contributed by atoms with Crippen LogP contribution in [0, 0.1) is 0 Å². The molecule has 100 valence electrons. The highest BCUT2D eigenvalue weighted by atomic mass is 16.6. The predicted molar refractivity (Wildman–Crippen MR) is 62.9 cm³/mol. The number of rotatable bonds is 2. The van der Waals surface area contributed by atoms with E-state index in [4.69, 9.17) is 4.74 Å². The van der Waals surface area contributed by atoms with E-state index < -0.39 is 17.7 Å². The van der Waals surface area contributed by atoms with Crippen molar-refractivity contribution >= 4 is 18.3 Å². The fourth-order valence-electron chi connectivity index (χ4n) is 2.38. The molecular weight excluding hydrogens is 236 g/mol. The topological polar surface area (TPSA) is 66.9 Å². The number of piperazine rings is 1. The van der Waals surface area contributed by atoms with E-state index in [0.29, 0.717) is 19.3 Å². The summed E-state index contributed by atoms with van der Waals surface area (Å²) >= 11 is 0. The fraction of sp³-hybridized carbons (Fsp3) is 0.750. The lowest BCUT2D eigenvalue weighted by Gasteiger charge is -2.54. The molecule has 0 aromatic carbocycles. The number of ether oxygens (including phenoxy) is 1. The third-order valence-electron chi connectivity index (χ3n) is 3.15. The van der Waals surface area contributed by atoms with Crippen LogP contribution in [0.2, 0.25) is 0 Å². The molecule has 3 aliphatic heterocycles. The summed E-state index contributed by atoms with van der Waals surface area (Å²) in [6.45, 7) is 5.91. The Morgan fingerprint density at radius 1 is 1.50 bits per heavy atom. The molecular formula is C12H18N2O4. The summed E-state index contributed by atoms with van der Waals surface area (Å²) in [7, 11) is 0. The van der Waals surface area contributed by atoms with Gasteiger partial charge in [-0.2, -0.15) is 0 Å². The lowest BCUT2D eigenvalue weighted by atomic mass is 9.87. The summed E-state index contributed by atoms with van der Waals surface area (Å²) in [5.41, 5.74) is -0.563. The maximum Gasteiger partial charge on any atom is 0.411 e. The van der Waals surface area contributed by atoms with Gasteiger partial charge in [-0.3, -0.25) is 9.69 Å². The molecule has 3 rings (SSSR count). The maximum absolute atomic E-state index is 12.0. The van der Waals surface area contributed by atoms with Gasteiger partial charge in [0, 0.05) is 6.54 Å². The van der Waals surface area contributed by atoms with Crippen LogP contribution in [0.15, 0.2) is 0 Å². The number of aldehydes is 1. The zero-order valence-electron chi connectivity index (χ0n) is 10.9. The molecule has 3 aliphatic rings. The van der Waals surface area contributed by atoms with Crippen LogP contribution in [0.4, 0.5) is 4.79 Å². The van der Waals surface area contributed by atoms with Crippen LogP contribution in [0.25, 0.3) is 0 Å². The third kappa shape index (κ3) is 2.19. The molecule has 0 aromatic heterocycles. The molecule has 3 fully saturated rings. The van der Waals surface area contributed by atoms with Crippen molar-refractivity contribution in [1.82, 2.24) is 9.80 Å². The molecule has 0 radical (unpaired) electrons. The predicted octanol–water partition coefficient (Wildman–Crippen LogP) is 0.405. The van der Waals surface area contributed by atoms with E-state index in [-0.39, 0.29) is 18.5 Å². The number of amides is 2. The highest BCUT2D eigenvalue weighted by molar-refractivity contribution is 5.90. The van der Waals surface area contributed by atoms with Crippen molar-refractivity contribution in [3.8, 4) is 0 Å². The SMILES string of the molecule is CC(C)(C)OC(=O)N1C2CC1C(=O)N(CC=O)C2. The van der Waals surface area contributed by atoms with Gasteiger partial charge in [-0.1, -0.05) is 0 Å². The van der Waals surface area contributed by atoms with Gasteiger partial charge in [-0.05, 0) is 27.2 Å². The summed E-state index contributed by atoms with van der Waals surface area (Å²) in [5.74, 6) is -0.157. The van der Waals surface area contributed by atoms with Gasteiger partial charge in [-0.15, -0.1) is 0 Å². The molecule has 3 saturated heterocycles. The van der Waals surface area contributed by atoms with Crippen LogP contribution in [-0.4, -0.2) is 58.9 Å². The lowest BCUT2D eigenvalue weighted by Crippen LogP contribution is -2.73. The Morgan fingerprint density at radius 3 is 2.67 bits per heavy atom. The minimum Gasteiger partial charge on any atom is -0.444 e. The number of carbonyl (C=O) groups excluding carboxylic acids is 3. The second-order valence-corrected chi connectivity index (χ2v) is 5.70. The quantitative estimate of drug-likeness (QED) is 0.669. The number of hydrogen-bond acceptors (Lipinski definition) is 4. The number of piperidine rings is 1. The van der Waals surface area contributed by atoms with Gasteiger partial charge < -0.3 is 14.4 Å². The van der Waals surface area contributed by atoms with Crippen LogP contribution in [0.5, 0.6) is 0 Å². The van der Waals surface area contributed by atoms with Crippen molar-refractivity contribution in [2.45, 2.75) is 44.9 Å². The fourth-order valence-corrected chi connectivity index (χ4v) is 2.38. The van der Waals surface area contributed by atoms with Gasteiger partial charge in [0.2, 0.25) is 5.91 Å². The standard InChI is InChI=1S/C12H18N2O4/c1-12(2,3)18-11(17)14-8-6-9(14)10(16)13(7-8)4-5-15/h5,8-9H,4,6-7H2,1-3H3. The molecule has 2 atom stereocenters. The van der Waals surface area contributed by atoms with Crippen LogP contribution < -0.4 is 0 Å². The van der Waals surface area contributed by atoms with E-state index in [1.165, 1.54) is 9.80 Å². The molecule has 6 nitrogen and oxygen atoms in total. The monoisotopic (exact) mass is 254 g/mol. The second-order valence-electron chi connectivity index (χ2n) is 5.70. The van der Waals surface area contributed by atoms with Crippen LogP contribution in [0.3, 0.4) is 0 Å². The van der Waals surface area contributed by atoms with Crippen LogP contribution in [0.1, 0.15) is 27.2 Å². The number of carbonyl (C=O) groups is 3. The average molecular weight is 254 g/mol. The molecule has 2 unspecified atom stereocenters. The van der Waals surface area contributed by atoms with Gasteiger partial charge >= 0.3 is 6.09 Å². The smallest absolute Gasteiger partial charge is 0.411 e. The van der Waals surface area contributed by atoms with Gasteiger partial charge in [0.25, 0.3) is 0 Å². The van der Waals surface area contributed by atoms with Gasteiger partial charge in [0.05, 0.1) is 12.6 Å². The average Bonchev–Trinajstić information content (AvgIpc) is 2.16. The minimum absolute atomic E-state index is 0.0116. The minimum atomic E-state index is -0.563. The summed E-state index contributed by atoms with van der Waals surface area (Å²) in [5, 5.41) is 0. The van der Waals surface area contributed by atoms with E-state index >= 15 is 0 Å². The number of nitrogens with zero attached hydrogens (tertiary/aromatic N) is 2. The molecule has 3 heterocycles. The van der Waals surface area contributed by atoms with Crippen LogP contribution in [-0.2, 0) is 14.3 Å². The Hall–Kier alpha value is -1.59. The van der Waals surface area contributed by atoms with Crippen molar-refractivity contribution in [2.75, 3.05) is 13.1 Å². The Balaban J connectivity index is 2.01. The molecule has 2 bridgehead atoms. The Bertz CT molecular complexity index is 388. The molecule has 6 heteroatoms. The summed E-state index contributed by atoms with van der Waals surface area (Å²) in [6, 6.07) is -0.457. The first kappa shape index (κ1) is 12.9. The third-order valence-corrected chi connectivity index (χ3v) is 3.15. The van der Waals surface area contributed by atoms with Crippen molar-refractivity contribution in [1.29, 1.82) is 0 Å². The summed E-state index contributed by atoms with van der Waals surface area (Å²) in [4.78, 5) is 37.3. The van der Waals surface area contributed by atoms with Crippen molar-refractivity contribution in [3.05, 3.63) is 0 Å². The van der Waals surface area contributed by atoms with Crippen molar-refractivity contribution in [3.63, 3.8) is 0 Å². The van der Waals surface area contributed by atoms with E-state index in [1.807, 2.05) is 0 Å². The molecule has 0 aliphatic carbocycles. The first-order valence-corrected chi connectivity index (χ1v) is 6.07. The maximum atomic E-state index is 12.0. The number of hydrogen-bond donors (Lipinski definition) is 0. The van der Waals surface area contributed by atoms with Crippen molar-refractivity contribution < 1.29 is 19.1 Å². The largest absolute Gasteiger partial charge is 0.444 e. The van der Waals surface area contributed by atoms with Crippen molar-refractivity contribution in [2.24, 2.45) is 0 Å². The molecule has 0 aromatic rings. The van der Waals surface area contributed by atoms with E-state index in [2.05, 4.69) is 0 Å². The zero-order chi connectivity index (χ0) is 13.5. The summed E-state index contributed by atoms with van der Waals surface area (Å²) < 4.78 is 5.27. The number of fused-ring (bicyclic) bond motifs is 2. The highest BCUT2D eigenvalue weighted by Crippen LogP contribution is 2.34. The highest BCUT2D eigenvalue weighted by Gasteiger charge is 2.53. The first-order valence-electron chi connectivity index (χ1n) is 6.07.